The van der Waals surface area contributed by atoms with Crippen molar-refractivity contribution in [1.29, 1.82) is 0 Å². The molecule has 1 saturated heterocycles. The number of nitrogens with zero attached hydrogens (tertiary/aromatic N) is 4. The highest BCUT2D eigenvalue weighted by Crippen LogP contribution is 2.29. The van der Waals surface area contributed by atoms with Crippen molar-refractivity contribution in [1.82, 2.24) is 19.9 Å². The molecule has 2 heterocycles. The van der Waals surface area contributed by atoms with E-state index in [2.05, 4.69) is 10.3 Å². The van der Waals surface area contributed by atoms with Crippen molar-refractivity contribution < 1.29 is 14.6 Å². The molecule has 0 bridgehead atoms. The molecule has 1 aliphatic carbocycles. The highest BCUT2D eigenvalue weighted by Gasteiger charge is 2.30. The Hall–Kier alpha value is -3.19. The van der Waals surface area contributed by atoms with Crippen molar-refractivity contribution in [3.63, 3.8) is 0 Å². The molecular weight excluding hydrogens is 428 g/mol. The third kappa shape index (κ3) is 5.30. The molecule has 2 atom stereocenters. The largest absolute Gasteiger partial charge is 0.490 e. The van der Waals surface area contributed by atoms with Crippen LogP contribution in [0.25, 0.3) is 0 Å². The lowest BCUT2D eigenvalue weighted by Gasteiger charge is -2.23. The smallest absolute Gasteiger partial charge is 0.254 e. The Bertz CT molecular complexity index is 1090. The molecule has 0 radical (unpaired) electrons. The first-order valence-corrected chi connectivity index (χ1v) is 12.3. The second-order valence-electron chi connectivity index (χ2n) is 9.43. The molecule has 2 fully saturated rings. The third-order valence-electron chi connectivity index (χ3n) is 6.93. The first kappa shape index (κ1) is 22.6. The van der Waals surface area contributed by atoms with Crippen molar-refractivity contribution in [3.8, 4) is 5.75 Å². The van der Waals surface area contributed by atoms with Gasteiger partial charge in [0.2, 0.25) is 0 Å². The molecule has 34 heavy (non-hydrogen) atoms. The van der Waals surface area contributed by atoms with E-state index in [0.717, 1.165) is 36.3 Å². The molecule has 7 nitrogen and oxygen atoms in total. The first-order chi connectivity index (χ1) is 16.7. The summed E-state index contributed by atoms with van der Waals surface area (Å²) in [6, 6.07) is 17.1. The summed E-state index contributed by atoms with van der Waals surface area (Å²) in [5.41, 5.74) is 2.39. The lowest BCUT2D eigenvalue weighted by atomic mass is 9.98. The SMILES string of the molecule is O=C(c1cccc(OC2CCCCC2)c1)N1CCC(c2cn(CC(O)c3ccccc3)nn2)C1. The molecule has 1 saturated carbocycles. The summed E-state index contributed by atoms with van der Waals surface area (Å²) in [6.45, 7) is 1.66. The minimum atomic E-state index is -0.638. The summed E-state index contributed by atoms with van der Waals surface area (Å²) in [6.07, 6.45) is 8.27. The first-order valence-electron chi connectivity index (χ1n) is 12.3. The molecule has 2 unspecified atom stereocenters. The zero-order valence-electron chi connectivity index (χ0n) is 19.4. The van der Waals surface area contributed by atoms with Crippen molar-refractivity contribution in [2.45, 2.75) is 63.2 Å². The van der Waals surface area contributed by atoms with Crippen LogP contribution in [0.1, 0.15) is 72.2 Å². The van der Waals surface area contributed by atoms with Gasteiger partial charge < -0.3 is 14.7 Å². The van der Waals surface area contributed by atoms with E-state index in [1.54, 1.807) is 4.68 Å². The molecule has 3 aromatic rings. The van der Waals surface area contributed by atoms with E-state index in [9.17, 15) is 9.90 Å². The van der Waals surface area contributed by atoms with Gasteiger partial charge in [0.15, 0.2) is 0 Å². The minimum absolute atomic E-state index is 0.0310. The average Bonchev–Trinajstić information content (AvgIpc) is 3.55. The van der Waals surface area contributed by atoms with E-state index in [1.807, 2.05) is 65.7 Å². The summed E-state index contributed by atoms with van der Waals surface area (Å²) in [5.74, 6) is 0.963. The van der Waals surface area contributed by atoms with Gasteiger partial charge in [-0.2, -0.15) is 0 Å². The van der Waals surface area contributed by atoms with Crippen LogP contribution in [0.15, 0.2) is 60.8 Å². The van der Waals surface area contributed by atoms with E-state index in [0.29, 0.717) is 25.2 Å². The molecule has 1 N–H and O–H groups in total. The fourth-order valence-electron chi connectivity index (χ4n) is 4.99. The third-order valence-corrected chi connectivity index (χ3v) is 6.93. The Kier molecular flexibility index (Phi) is 6.90. The summed E-state index contributed by atoms with van der Waals surface area (Å²) in [4.78, 5) is 15.1. The van der Waals surface area contributed by atoms with Gasteiger partial charge in [0.05, 0.1) is 24.4 Å². The molecular formula is C27H32N4O3. The number of rotatable bonds is 7. The van der Waals surface area contributed by atoms with Gasteiger partial charge in [-0.1, -0.05) is 48.0 Å². The Morgan fingerprint density at radius 3 is 2.71 bits per heavy atom. The molecule has 1 amide bonds. The van der Waals surface area contributed by atoms with Crippen molar-refractivity contribution in [3.05, 3.63) is 77.6 Å². The molecule has 5 rings (SSSR count). The van der Waals surface area contributed by atoms with Crippen LogP contribution < -0.4 is 4.74 Å². The van der Waals surface area contributed by atoms with E-state index >= 15 is 0 Å². The highest BCUT2D eigenvalue weighted by atomic mass is 16.5. The molecule has 1 aromatic heterocycles. The van der Waals surface area contributed by atoms with Crippen molar-refractivity contribution in [2.24, 2.45) is 0 Å². The Morgan fingerprint density at radius 1 is 1.06 bits per heavy atom. The summed E-state index contributed by atoms with van der Waals surface area (Å²) >= 11 is 0. The number of hydrogen-bond donors (Lipinski definition) is 1. The molecule has 178 valence electrons. The zero-order chi connectivity index (χ0) is 23.3. The quantitative estimate of drug-likeness (QED) is 0.567. The van der Waals surface area contributed by atoms with Crippen LogP contribution in [0.4, 0.5) is 0 Å². The molecule has 2 aromatic carbocycles. The number of benzene rings is 2. The van der Waals surface area contributed by atoms with Crippen LogP contribution >= 0.6 is 0 Å². The van der Waals surface area contributed by atoms with E-state index < -0.39 is 6.10 Å². The summed E-state index contributed by atoms with van der Waals surface area (Å²) < 4.78 is 7.84. The van der Waals surface area contributed by atoms with Gasteiger partial charge in [-0.05, 0) is 55.9 Å². The predicted octanol–water partition coefficient (Wildman–Crippen LogP) is 4.35. The Labute approximate surface area is 200 Å². The van der Waals surface area contributed by atoms with Gasteiger partial charge in [-0.15, -0.1) is 5.10 Å². The number of aliphatic hydroxyl groups excluding tert-OH is 1. The van der Waals surface area contributed by atoms with Gasteiger partial charge >= 0.3 is 0 Å². The maximum atomic E-state index is 13.2. The van der Waals surface area contributed by atoms with Crippen LogP contribution in [0.5, 0.6) is 5.75 Å². The van der Waals surface area contributed by atoms with Crippen LogP contribution in [0.3, 0.4) is 0 Å². The normalized spacial score (nSPS) is 19.8. The topological polar surface area (TPSA) is 80.5 Å². The fourth-order valence-corrected chi connectivity index (χ4v) is 4.99. The predicted molar refractivity (Wildman–Crippen MR) is 129 cm³/mol. The van der Waals surface area contributed by atoms with Crippen molar-refractivity contribution in [2.75, 3.05) is 13.1 Å². The number of amides is 1. The maximum absolute atomic E-state index is 13.2. The van der Waals surface area contributed by atoms with Crippen LogP contribution in [0, 0.1) is 0 Å². The van der Waals surface area contributed by atoms with Gasteiger partial charge in [-0.25, -0.2) is 4.68 Å². The highest BCUT2D eigenvalue weighted by molar-refractivity contribution is 5.94. The summed E-state index contributed by atoms with van der Waals surface area (Å²) in [7, 11) is 0. The summed E-state index contributed by atoms with van der Waals surface area (Å²) in [5, 5.41) is 19.0. The number of carbonyl (C=O) groups is 1. The molecule has 7 heteroatoms. The number of aromatic nitrogens is 3. The van der Waals surface area contributed by atoms with Gasteiger partial charge in [-0.3, -0.25) is 4.79 Å². The van der Waals surface area contributed by atoms with E-state index in [4.69, 9.17) is 4.74 Å². The second-order valence-corrected chi connectivity index (χ2v) is 9.43. The Morgan fingerprint density at radius 2 is 1.88 bits per heavy atom. The lowest BCUT2D eigenvalue weighted by molar-refractivity contribution is 0.0789. The molecule has 2 aliphatic rings. The fraction of sp³-hybridized carbons (Fsp3) is 0.444. The Balaban J connectivity index is 1.18. The zero-order valence-corrected chi connectivity index (χ0v) is 19.4. The van der Waals surface area contributed by atoms with Gasteiger partial charge in [0.25, 0.3) is 5.91 Å². The number of aliphatic hydroxyl groups is 1. The lowest BCUT2D eigenvalue weighted by Crippen LogP contribution is -2.28. The molecule has 1 aliphatic heterocycles. The van der Waals surface area contributed by atoms with Crippen molar-refractivity contribution >= 4 is 5.91 Å². The van der Waals surface area contributed by atoms with Gasteiger partial charge in [0.1, 0.15) is 5.75 Å². The van der Waals surface area contributed by atoms with E-state index in [-0.39, 0.29) is 17.9 Å². The number of ether oxygens (including phenoxy) is 1. The number of carbonyl (C=O) groups excluding carboxylic acids is 1. The van der Waals surface area contributed by atoms with Gasteiger partial charge in [0, 0.05) is 30.8 Å². The maximum Gasteiger partial charge on any atom is 0.254 e. The monoisotopic (exact) mass is 460 g/mol. The standard InChI is InChI=1S/C27H32N4O3/c32-26(20-8-3-1-4-9-20)19-31-18-25(28-29-31)22-14-15-30(17-22)27(33)21-10-7-13-24(16-21)34-23-11-5-2-6-12-23/h1,3-4,7-10,13,16,18,22-23,26,32H,2,5-6,11-12,14-15,17,19H2. The second kappa shape index (κ2) is 10.4. The van der Waals surface area contributed by atoms with Crippen LogP contribution in [-0.4, -0.2) is 50.1 Å². The molecule has 0 spiro atoms. The van der Waals surface area contributed by atoms with Crippen LogP contribution in [-0.2, 0) is 6.54 Å². The number of likely N-dealkylation sites (tertiary alicyclic amines) is 1. The van der Waals surface area contributed by atoms with E-state index in [1.165, 1.54) is 19.3 Å². The average molecular weight is 461 g/mol. The number of hydrogen-bond acceptors (Lipinski definition) is 5. The van der Waals surface area contributed by atoms with Crippen LogP contribution in [0.2, 0.25) is 0 Å². The minimum Gasteiger partial charge on any atom is -0.490 e.